The van der Waals surface area contributed by atoms with Gasteiger partial charge in [-0.3, -0.25) is 4.79 Å². The average molecular weight is 294 g/mol. The van der Waals surface area contributed by atoms with E-state index in [2.05, 4.69) is 20.8 Å². The summed E-state index contributed by atoms with van der Waals surface area (Å²) in [6.07, 6.45) is -0.105. The van der Waals surface area contributed by atoms with Gasteiger partial charge < -0.3 is 0 Å². The number of carbonyl (C=O) groups excluding carboxylic acids is 1. The standard InChI is InChI=1S/C13H15Cl3O/c1-12(2,3)10-6-4-9(5-7-10)11(17)8-13(14,15)16/h4-7H,8H2,1-3H3. The summed E-state index contributed by atoms with van der Waals surface area (Å²) in [4.78, 5) is 11.8. The zero-order chi connectivity index (χ0) is 13.3. The molecule has 1 rings (SSSR count). The summed E-state index contributed by atoms with van der Waals surface area (Å²) >= 11 is 16.8. The summed E-state index contributed by atoms with van der Waals surface area (Å²) in [5.41, 5.74) is 1.81. The van der Waals surface area contributed by atoms with Crippen LogP contribution in [0.4, 0.5) is 0 Å². The third-order valence-corrected chi connectivity index (χ3v) is 2.83. The molecule has 0 aliphatic heterocycles. The lowest BCUT2D eigenvalue weighted by Crippen LogP contribution is -2.13. The van der Waals surface area contributed by atoms with Gasteiger partial charge in [0.25, 0.3) is 0 Å². The van der Waals surface area contributed by atoms with Gasteiger partial charge in [0.1, 0.15) is 0 Å². The van der Waals surface area contributed by atoms with Gasteiger partial charge >= 0.3 is 0 Å². The maximum Gasteiger partial charge on any atom is 0.197 e. The molecule has 0 saturated carbocycles. The summed E-state index contributed by atoms with van der Waals surface area (Å²) in [7, 11) is 0. The number of alkyl halides is 3. The fourth-order valence-corrected chi connectivity index (χ4v) is 1.80. The molecule has 1 aromatic carbocycles. The second-order valence-corrected chi connectivity index (χ2v) is 7.56. The Balaban J connectivity index is 2.85. The van der Waals surface area contributed by atoms with E-state index in [4.69, 9.17) is 34.8 Å². The number of hydrogen-bond donors (Lipinski definition) is 0. The van der Waals surface area contributed by atoms with Crippen molar-refractivity contribution in [2.24, 2.45) is 0 Å². The average Bonchev–Trinajstić information content (AvgIpc) is 2.14. The zero-order valence-electron chi connectivity index (χ0n) is 10.1. The summed E-state index contributed by atoms with van der Waals surface area (Å²) in [6.45, 7) is 6.35. The van der Waals surface area contributed by atoms with Gasteiger partial charge in [0.05, 0.1) is 6.42 Å². The molecule has 0 atom stereocenters. The van der Waals surface area contributed by atoms with E-state index in [-0.39, 0.29) is 17.6 Å². The number of carbonyl (C=O) groups is 1. The van der Waals surface area contributed by atoms with Crippen molar-refractivity contribution in [3.8, 4) is 0 Å². The second-order valence-electron chi connectivity index (χ2n) is 5.04. The van der Waals surface area contributed by atoms with E-state index in [1.807, 2.05) is 12.1 Å². The number of ketones is 1. The Morgan fingerprint density at radius 2 is 1.53 bits per heavy atom. The molecule has 0 aliphatic rings. The smallest absolute Gasteiger partial charge is 0.197 e. The van der Waals surface area contributed by atoms with Crippen molar-refractivity contribution in [1.82, 2.24) is 0 Å². The minimum atomic E-state index is -1.53. The Morgan fingerprint density at radius 1 is 1.06 bits per heavy atom. The number of halogens is 3. The maximum atomic E-state index is 11.8. The number of benzene rings is 1. The van der Waals surface area contributed by atoms with E-state index in [1.54, 1.807) is 12.1 Å². The molecule has 0 aliphatic carbocycles. The van der Waals surface area contributed by atoms with Crippen LogP contribution in [0, 0.1) is 0 Å². The highest BCUT2D eigenvalue weighted by molar-refractivity contribution is 6.68. The Bertz CT molecular complexity index is 396. The minimum absolute atomic E-state index is 0.0663. The molecule has 0 amide bonds. The van der Waals surface area contributed by atoms with Gasteiger partial charge in [0.15, 0.2) is 9.58 Å². The van der Waals surface area contributed by atoms with Crippen LogP contribution in [0.25, 0.3) is 0 Å². The van der Waals surface area contributed by atoms with Crippen molar-refractivity contribution in [3.05, 3.63) is 35.4 Å². The van der Waals surface area contributed by atoms with Crippen LogP contribution in [0.2, 0.25) is 0 Å². The van der Waals surface area contributed by atoms with Crippen LogP contribution in [0.1, 0.15) is 43.1 Å². The van der Waals surface area contributed by atoms with Crippen LogP contribution in [-0.2, 0) is 5.41 Å². The molecule has 94 valence electrons. The summed E-state index contributed by atoms with van der Waals surface area (Å²) in [6, 6.07) is 7.43. The minimum Gasteiger partial charge on any atom is -0.294 e. The first kappa shape index (κ1) is 14.8. The van der Waals surface area contributed by atoms with Crippen molar-refractivity contribution in [3.63, 3.8) is 0 Å². The highest BCUT2D eigenvalue weighted by Gasteiger charge is 2.25. The van der Waals surface area contributed by atoms with Crippen LogP contribution < -0.4 is 0 Å². The van der Waals surface area contributed by atoms with Gasteiger partial charge in [0, 0.05) is 5.56 Å². The molecule has 0 N–H and O–H groups in total. The molecule has 1 aromatic rings. The summed E-state index contributed by atoms with van der Waals surface area (Å²) in [5.74, 6) is -0.162. The number of Topliss-reactive ketones (excluding diaryl/α,β-unsaturated/α-hetero) is 1. The molecule has 0 radical (unpaired) electrons. The second kappa shape index (κ2) is 5.17. The molecule has 17 heavy (non-hydrogen) atoms. The van der Waals surface area contributed by atoms with Gasteiger partial charge in [-0.2, -0.15) is 0 Å². The van der Waals surface area contributed by atoms with Gasteiger partial charge in [-0.05, 0) is 11.0 Å². The van der Waals surface area contributed by atoms with E-state index in [0.717, 1.165) is 0 Å². The number of hydrogen-bond acceptors (Lipinski definition) is 1. The molecular formula is C13H15Cl3O. The van der Waals surface area contributed by atoms with Crippen molar-refractivity contribution in [1.29, 1.82) is 0 Å². The van der Waals surface area contributed by atoms with Gasteiger partial charge in [0.2, 0.25) is 0 Å². The fraction of sp³-hybridized carbons (Fsp3) is 0.462. The van der Waals surface area contributed by atoms with Crippen LogP contribution in [-0.4, -0.2) is 9.58 Å². The van der Waals surface area contributed by atoms with Crippen LogP contribution >= 0.6 is 34.8 Å². The molecule has 0 fully saturated rings. The lowest BCUT2D eigenvalue weighted by Gasteiger charge is -2.19. The molecule has 0 bridgehead atoms. The Hall–Kier alpha value is -0.240. The van der Waals surface area contributed by atoms with Crippen molar-refractivity contribution >= 4 is 40.6 Å². The molecule has 4 heteroatoms. The third kappa shape index (κ3) is 4.87. The monoisotopic (exact) mass is 292 g/mol. The number of rotatable bonds is 2. The Morgan fingerprint density at radius 3 is 1.88 bits per heavy atom. The largest absolute Gasteiger partial charge is 0.294 e. The van der Waals surface area contributed by atoms with Gasteiger partial charge in [-0.1, -0.05) is 79.8 Å². The molecule has 1 nitrogen and oxygen atoms in total. The third-order valence-electron chi connectivity index (χ3n) is 2.43. The zero-order valence-corrected chi connectivity index (χ0v) is 12.3. The fourth-order valence-electron chi connectivity index (χ4n) is 1.44. The van der Waals surface area contributed by atoms with E-state index in [1.165, 1.54) is 5.56 Å². The van der Waals surface area contributed by atoms with Crippen LogP contribution in [0.5, 0.6) is 0 Å². The van der Waals surface area contributed by atoms with E-state index >= 15 is 0 Å². The van der Waals surface area contributed by atoms with Crippen molar-refractivity contribution in [2.75, 3.05) is 0 Å². The maximum absolute atomic E-state index is 11.8. The van der Waals surface area contributed by atoms with E-state index < -0.39 is 3.79 Å². The van der Waals surface area contributed by atoms with Crippen molar-refractivity contribution in [2.45, 2.75) is 36.4 Å². The normalized spacial score (nSPS) is 12.6. The lowest BCUT2D eigenvalue weighted by molar-refractivity contribution is 0.0984. The van der Waals surface area contributed by atoms with Crippen molar-refractivity contribution < 1.29 is 4.79 Å². The van der Waals surface area contributed by atoms with Gasteiger partial charge in [-0.15, -0.1) is 0 Å². The first-order valence-corrected chi connectivity index (χ1v) is 6.43. The topological polar surface area (TPSA) is 17.1 Å². The first-order chi connectivity index (χ1) is 7.59. The molecule has 0 unspecified atom stereocenters. The molecule has 0 heterocycles. The summed E-state index contributed by atoms with van der Waals surface area (Å²) in [5, 5.41) is 0. The summed E-state index contributed by atoms with van der Waals surface area (Å²) < 4.78 is -1.53. The molecular weight excluding hydrogens is 279 g/mol. The predicted octanol–water partition coefficient (Wildman–Crippen LogP) is 4.93. The molecule has 0 saturated heterocycles. The predicted molar refractivity (Wildman–Crippen MR) is 74.4 cm³/mol. The quantitative estimate of drug-likeness (QED) is 0.558. The van der Waals surface area contributed by atoms with Crippen LogP contribution in [0.3, 0.4) is 0 Å². The van der Waals surface area contributed by atoms with Crippen LogP contribution in [0.15, 0.2) is 24.3 Å². The van der Waals surface area contributed by atoms with Gasteiger partial charge in [-0.25, -0.2) is 0 Å². The van der Waals surface area contributed by atoms with E-state index in [0.29, 0.717) is 5.56 Å². The first-order valence-electron chi connectivity index (χ1n) is 5.30. The molecule has 0 spiro atoms. The molecule has 0 aromatic heterocycles. The lowest BCUT2D eigenvalue weighted by atomic mass is 9.86. The highest BCUT2D eigenvalue weighted by Crippen LogP contribution is 2.31. The SMILES string of the molecule is CC(C)(C)c1ccc(C(=O)CC(Cl)(Cl)Cl)cc1. The Kier molecular flexibility index (Phi) is 4.51. The Labute approximate surface area is 117 Å². The highest BCUT2D eigenvalue weighted by atomic mass is 35.6. The van der Waals surface area contributed by atoms with E-state index in [9.17, 15) is 4.79 Å².